The molecule has 0 amide bonds. The molecule has 0 aliphatic carbocycles. The molecule has 2 nitrogen and oxygen atoms in total. The van der Waals surface area contributed by atoms with Gasteiger partial charge in [0.15, 0.2) is 0 Å². The Hall–Kier alpha value is -2.61. The quantitative estimate of drug-likeness (QED) is 0.655. The van der Waals surface area contributed by atoms with Crippen LogP contribution in [0, 0.1) is 0 Å². The number of carbonyl (C=O) groups excluding carboxylic acids is 1. The lowest BCUT2D eigenvalue weighted by Crippen LogP contribution is -2.00. The summed E-state index contributed by atoms with van der Waals surface area (Å²) in [5, 5.41) is 2.36. The molecule has 104 valence electrons. The van der Waals surface area contributed by atoms with Gasteiger partial charge in [-0.2, -0.15) is 0 Å². The minimum Gasteiger partial charge on any atom is -0.461 e. The Morgan fingerprint density at radius 3 is 2.38 bits per heavy atom. The van der Waals surface area contributed by atoms with Crippen LogP contribution in [0.5, 0.6) is 0 Å². The summed E-state index contributed by atoms with van der Waals surface area (Å²) >= 11 is 0. The van der Waals surface area contributed by atoms with Gasteiger partial charge in [-0.1, -0.05) is 66.7 Å². The van der Waals surface area contributed by atoms with E-state index in [1.807, 2.05) is 36.4 Å². The maximum absolute atomic E-state index is 11.1. The smallest absolute Gasteiger partial charge is 0.302 e. The Bertz CT molecular complexity index is 776. The van der Waals surface area contributed by atoms with Crippen LogP contribution in [0.3, 0.4) is 0 Å². The number of esters is 1. The van der Waals surface area contributed by atoms with Crippen molar-refractivity contribution in [1.82, 2.24) is 0 Å². The van der Waals surface area contributed by atoms with Gasteiger partial charge in [0.1, 0.15) is 6.61 Å². The summed E-state index contributed by atoms with van der Waals surface area (Å²) in [7, 11) is 0. The number of hydrogen-bond acceptors (Lipinski definition) is 2. The summed E-state index contributed by atoms with van der Waals surface area (Å²) in [6, 6.07) is 22.6. The summed E-state index contributed by atoms with van der Waals surface area (Å²) in [4.78, 5) is 11.1. The standard InChI is InChI=1S/C19H16O2/c1-14(20)21-13-17-12-11-15-7-5-6-10-18(15)19(17)16-8-3-2-4-9-16/h2-12H,13H2,1H3. The van der Waals surface area contributed by atoms with Crippen LogP contribution < -0.4 is 0 Å². The largest absolute Gasteiger partial charge is 0.461 e. The van der Waals surface area contributed by atoms with Crippen molar-refractivity contribution >= 4 is 16.7 Å². The molecule has 0 aliphatic rings. The highest BCUT2D eigenvalue weighted by molar-refractivity contribution is 5.98. The maximum atomic E-state index is 11.1. The first kappa shape index (κ1) is 13.4. The SMILES string of the molecule is CC(=O)OCc1ccc2ccccc2c1-c1ccccc1. The fourth-order valence-electron chi connectivity index (χ4n) is 2.56. The van der Waals surface area contributed by atoms with Crippen molar-refractivity contribution in [3.63, 3.8) is 0 Å². The van der Waals surface area contributed by atoms with Crippen molar-refractivity contribution in [2.75, 3.05) is 0 Å². The second-order valence-electron chi connectivity index (χ2n) is 4.97. The fraction of sp³-hybridized carbons (Fsp3) is 0.105. The van der Waals surface area contributed by atoms with Crippen LogP contribution >= 0.6 is 0 Å². The van der Waals surface area contributed by atoms with Crippen LogP contribution in [-0.2, 0) is 16.1 Å². The summed E-state index contributed by atoms with van der Waals surface area (Å²) in [5.74, 6) is -0.262. The lowest BCUT2D eigenvalue weighted by atomic mass is 9.93. The van der Waals surface area contributed by atoms with Crippen molar-refractivity contribution in [2.24, 2.45) is 0 Å². The van der Waals surface area contributed by atoms with E-state index in [-0.39, 0.29) is 5.97 Å². The van der Waals surface area contributed by atoms with E-state index < -0.39 is 0 Å². The Labute approximate surface area is 124 Å². The van der Waals surface area contributed by atoms with Crippen molar-refractivity contribution in [3.8, 4) is 11.1 Å². The molecule has 0 aliphatic heterocycles. The van der Waals surface area contributed by atoms with Gasteiger partial charge >= 0.3 is 5.97 Å². The van der Waals surface area contributed by atoms with E-state index >= 15 is 0 Å². The molecule has 0 atom stereocenters. The number of fused-ring (bicyclic) bond motifs is 1. The molecule has 0 spiro atoms. The third-order valence-electron chi connectivity index (χ3n) is 3.51. The van der Waals surface area contributed by atoms with E-state index in [1.165, 1.54) is 17.7 Å². The van der Waals surface area contributed by atoms with Crippen molar-refractivity contribution in [2.45, 2.75) is 13.5 Å². The first-order chi connectivity index (χ1) is 10.3. The number of carbonyl (C=O) groups is 1. The van der Waals surface area contributed by atoms with E-state index in [0.717, 1.165) is 16.7 Å². The second kappa shape index (κ2) is 5.80. The number of hydrogen-bond donors (Lipinski definition) is 0. The zero-order chi connectivity index (χ0) is 14.7. The van der Waals surface area contributed by atoms with E-state index in [4.69, 9.17) is 4.74 Å². The van der Waals surface area contributed by atoms with Crippen LogP contribution in [-0.4, -0.2) is 5.97 Å². The molecule has 2 heteroatoms. The van der Waals surface area contributed by atoms with Crippen LogP contribution in [0.1, 0.15) is 12.5 Å². The summed E-state index contributed by atoms with van der Waals surface area (Å²) in [6.07, 6.45) is 0. The van der Waals surface area contributed by atoms with Crippen molar-refractivity contribution < 1.29 is 9.53 Å². The third-order valence-corrected chi connectivity index (χ3v) is 3.51. The monoisotopic (exact) mass is 276 g/mol. The maximum Gasteiger partial charge on any atom is 0.302 e. The summed E-state index contributed by atoms with van der Waals surface area (Å²) < 4.78 is 5.20. The Morgan fingerprint density at radius 1 is 0.905 bits per heavy atom. The zero-order valence-corrected chi connectivity index (χ0v) is 11.9. The Kier molecular flexibility index (Phi) is 3.69. The molecule has 0 aromatic heterocycles. The third kappa shape index (κ3) is 2.79. The minimum atomic E-state index is -0.262. The van der Waals surface area contributed by atoms with Gasteiger partial charge in [-0.3, -0.25) is 4.79 Å². The second-order valence-corrected chi connectivity index (χ2v) is 4.97. The molecule has 3 aromatic rings. The predicted octanol–water partition coefficient (Wildman–Crippen LogP) is 4.57. The molecule has 3 aromatic carbocycles. The predicted molar refractivity (Wildman–Crippen MR) is 84.9 cm³/mol. The first-order valence-corrected chi connectivity index (χ1v) is 6.95. The number of rotatable bonds is 3. The molecule has 0 radical (unpaired) electrons. The molecule has 0 saturated heterocycles. The molecule has 0 unspecified atom stereocenters. The van der Waals surface area contributed by atoms with Crippen LogP contribution in [0.2, 0.25) is 0 Å². The molecule has 0 heterocycles. The van der Waals surface area contributed by atoms with Gasteiger partial charge in [-0.05, 0) is 27.5 Å². The lowest BCUT2D eigenvalue weighted by molar-refractivity contribution is -0.142. The average Bonchev–Trinajstić information content (AvgIpc) is 2.53. The van der Waals surface area contributed by atoms with Gasteiger partial charge in [0.2, 0.25) is 0 Å². The van der Waals surface area contributed by atoms with Gasteiger partial charge in [-0.25, -0.2) is 0 Å². The molecule has 0 fully saturated rings. The van der Waals surface area contributed by atoms with Crippen LogP contribution in [0.25, 0.3) is 21.9 Å². The van der Waals surface area contributed by atoms with E-state index in [9.17, 15) is 4.79 Å². The molecule has 0 N–H and O–H groups in total. The van der Waals surface area contributed by atoms with Gasteiger partial charge in [0, 0.05) is 6.92 Å². The minimum absolute atomic E-state index is 0.262. The summed E-state index contributed by atoms with van der Waals surface area (Å²) in [5.41, 5.74) is 3.29. The van der Waals surface area contributed by atoms with E-state index in [0.29, 0.717) is 6.61 Å². The molecule has 0 bridgehead atoms. The molecule has 21 heavy (non-hydrogen) atoms. The first-order valence-electron chi connectivity index (χ1n) is 6.95. The zero-order valence-electron chi connectivity index (χ0n) is 11.9. The van der Waals surface area contributed by atoms with Gasteiger partial charge < -0.3 is 4.74 Å². The average molecular weight is 276 g/mol. The van der Waals surface area contributed by atoms with Gasteiger partial charge in [0.25, 0.3) is 0 Å². The molecular weight excluding hydrogens is 260 g/mol. The van der Waals surface area contributed by atoms with Crippen molar-refractivity contribution in [1.29, 1.82) is 0 Å². The number of benzene rings is 3. The fourth-order valence-corrected chi connectivity index (χ4v) is 2.56. The summed E-state index contributed by atoms with van der Waals surface area (Å²) in [6.45, 7) is 1.73. The lowest BCUT2D eigenvalue weighted by Gasteiger charge is -2.13. The Morgan fingerprint density at radius 2 is 1.62 bits per heavy atom. The van der Waals surface area contributed by atoms with E-state index in [2.05, 4.69) is 30.3 Å². The topological polar surface area (TPSA) is 26.3 Å². The highest BCUT2D eigenvalue weighted by Gasteiger charge is 2.10. The van der Waals surface area contributed by atoms with Crippen LogP contribution in [0.15, 0.2) is 66.7 Å². The Balaban J connectivity index is 2.20. The van der Waals surface area contributed by atoms with Gasteiger partial charge in [0.05, 0.1) is 0 Å². The normalized spacial score (nSPS) is 10.5. The highest BCUT2D eigenvalue weighted by atomic mass is 16.5. The van der Waals surface area contributed by atoms with E-state index in [1.54, 1.807) is 0 Å². The number of ether oxygens (including phenoxy) is 1. The highest BCUT2D eigenvalue weighted by Crippen LogP contribution is 2.32. The van der Waals surface area contributed by atoms with Crippen LogP contribution in [0.4, 0.5) is 0 Å². The molecule has 3 rings (SSSR count). The van der Waals surface area contributed by atoms with Crippen molar-refractivity contribution in [3.05, 3.63) is 72.3 Å². The molecular formula is C19H16O2. The van der Waals surface area contributed by atoms with Gasteiger partial charge in [-0.15, -0.1) is 0 Å². The molecule has 0 saturated carbocycles.